The molecule has 1 aromatic heterocycles. The number of nitrogen functional groups attached to an aromatic ring is 1. The molecule has 1 aromatic rings. The van der Waals surface area contributed by atoms with Crippen LogP contribution in [0.3, 0.4) is 0 Å². The molecule has 0 saturated carbocycles. The van der Waals surface area contributed by atoms with E-state index >= 15 is 0 Å². The molecule has 5 nitrogen and oxygen atoms in total. The van der Waals surface area contributed by atoms with E-state index in [-0.39, 0.29) is 6.10 Å². The summed E-state index contributed by atoms with van der Waals surface area (Å²) in [5.41, 5.74) is 6.88. The molecule has 0 aromatic carbocycles. The number of aliphatic hydroxyl groups is 1. The fourth-order valence-corrected chi connectivity index (χ4v) is 2.40. The van der Waals surface area contributed by atoms with Gasteiger partial charge in [-0.3, -0.25) is 0 Å². The Bertz CT molecular complexity index is 394. The molecule has 17 heavy (non-hydrogen) atoms. The summed E-state index contributed by atoms with van der Waals surface area (Å²) in [7, 11) is 0. The summed E-state index contributed by atoms with van der Waals surface area (Å²) in [6.45, 7) is 5.68. The van der Waals surface area contributed by atoms with E-state index in [4.69, 9.17) is 5.73 Å². The molecule has 1 saturated heterocycles. The first-order valence-corrected chi connectivity index (χ1v) is 6.15. The van der Waals surface area contributed by atoms with E-state index < -0.39 is 0 Å². The van der Waals surface area contributed by atoms with Crippen molar-refractivity contribution in [1.29, 1.82) is 0 Å². The van der Waals surface area contributed by atoms with E-state index in [9.17, 15) is 5.11 Å². The lowest BCUT2D eigenvalue weighted by molar-refractivity contribution is 0.136. The van der Waals surface area contributed by atoms with Crippen molar-refractivity contribution in [2.45, 2.75) is 32.8 Å². The van der Waals surface area contributed by atoms with Gasteiger partial charge in [0.2, 0.25) is 0 Å². The van der Waals surface area contributed by atoms with Crippen molar-refractivity contribution >= 4 is 11.6 Å². The number of aliphatic hydroxyl groups excluding tert-OH is 1. The van der Waals surface area contributed by atoms with Crippen LogP contribution in [0.15, 0.2) is 6.33 Å². The fraction of sp³-hybridized carbons (Fsp3) is 0.667. The second-order valence-corrected chi connectivity index (χ2v) is 4.65. The zero-order valence-electron chi connectivity index (χ0n) is 10.4. The molecule has 0 amide bonds. The number of hydrogen-bond donors (Lipinski definition) is 2. The average Bonchev–Trinajstić information content (AvgIpc) is 2.77. The van der Waals surface area contributed by atoms with Gasteiger partial charge >= 0.3 is 0 Å². The summed E-state index contributed by atoms with van der Waals surface area (Å²) >= 11 is 0. The topological polar surface area (TPSA) is 75.3 Å². The van der Waals surface area contributed by atoms with Gasteiger partial charge in [0.1, 0.15) is 18.0 Å². The zero-order chi connectivity index (χ0) is 12.4. The van der Waals surface area contributed by atoms with Gasteiger partial charge in [-0.05, 0) is 19.8 Å². The predicted molar refractivity (Wildman–Crippen MR) is 67.8 cm³/mol. The fourth-order valence-electron chi connectivity index (χ4n) is 2.40. The maximum atomic E-state index is 9.61. The molecule has 1 aliphatic rings. The largest absolute Gasteiger partial charge is 0.393 e. The van der Waals surface area contributed by atoms with Gasteiger partial charge in [-0.25, -0.2) is 9.97 Å². The van der Waals surface area contributed by atoms with E-state index in [1.165, 1.54) is 6.33 Å². The lowest BCUT2D eigenvalue weighted by Crippen LogP contribution is -2.26. The predicted octanol–water partition coefficient (Wildman–Crippen LogP) is 0.828. The summed E-state index contributed by atoms with van der Waals surface area (Å²) in [6.07, 6.45) is 3.09. The van der Waals surface area contributed by atoms with E-state index in [0.717, 1.165) is 37.3 Å². The van der Waals surface area contributed by atoms with E-state index in [2.05, 4.69) is 21.8 Å². The highest BCUT2D eigenvalue weighted by Gasteiger charge is 2.28. The van der Waals surface area contributed by atoms with Crippen LogP contribution in [0.5, 0.6) is 0 Å². The van der Waals surface area contributed by atoms with Crippen molar-refractivity contribution in [3.63, 3.8) is 0 Å². The first-order valence-electron chi connectivity index (χ1n) is 6.15. The summed E-state index contributed by atoms with van der Waals surface area (Å²) < 4.78 is 0. The zero-order valence-corrected chi connectivity index (χ0v) is 10.4. The highest BCUT2D eigenvalue weighted by Crippen LogP contribution is 2.28. The Morgan fingerprint density at radius 3 is 2.94 bits per heavy atom. The lowest BCUT2D eigenvalue weighted by Gasteiger charge is -2.21. The van der Waals surface area contributed by atoms with Crippen molar-refractivity contribution in [1.82, 2.24) is 9.97 Å². The molecule has 0 radical (unpaired) electrons. The normalized spacial score (nSPS) is 21.8. The van der Waals surface area contributed by atoms with Crippen LogP contribution >= 0.6 is 0 Å². The Hall–Kier alpha value is -1.36. The van der Waals surface area contributed by atoms with Gasteiger partial charge in [0.05, 0.1) is 6.10 Å². The lowest BCUT2D eigenvalue weighted by atomic mass is 10.0. The molecule has 94 valence electrons. The smallest absolute Gasteiger partial charge is 0.137 e. The Kier molecular flexibility index (Phi) is 3.47. The average molecular weight is 236 g/mol. The maximum absolute atomic E-state index is 9.61. The van der Waals surface area contributed by atoms with E-state index in [1.807, 2.05) is 6.92 Å². The molecule has 2 unspecified atom stereocenters. The van der Waals surface area contributed by atoms with Crippen molar-refractivity contribution in [3.05, 3.63) is 11.9 Å². The summed E-state index contributed by atoms with van der Waals surface area (Å²) in [6, 6.07) is 0. The second kappa shape index (κ2) is 4.87. The van der Waals surface area contributed by atoms with Gasteiger partial charge in [-0.15, -0.1) is 0 Å². The van der Waals surface area contributed by atoms with Crippen molar-refractivity contribution in [2.24, 2.45) is 5.92 Å². The maximum Gasteiger partial charge on any atom is 0.137 e. The molecular weight excluding hydrogens is 216 g/mol. The third kappa shape index (κ3) is 2.34. The number of rotatable bonds is 3. The monoisotopic (exact) mass is 236 g/mol. The van der Waals surface area contributed by atoms with E-state index in [0.29, 0.717) is 11.7 Å². The minimum atomic E-state index is -0.260. The molecule has 2 atom stereocenters. The van der Waals surface area contributed by atoms with Crippen LogP contribution < -0.4 is 10.6 Å². The highest BCUT2D eigenvalue weighted by molar-refractivity contribution is 5.57. The number of nitrogens with two attached hydrogens (primary N) is 1. The van der Waals surface area contributed by atoms with Crippen LogP contribution in [0.4, 0.5) is 11.6 Å². The van der Waals surface area contributed by atoms with Crippen LogP contribution in [0, 0.1) is 5.92 Å². The van der Waals surface area contributed by atoms with Gasteiger partial charge in [0.15, 0.2) is 0 Å². The summed E-state index contributed by atoms with van der Waals surface area (Å²) in [5, 5.41) is 9.61. The van der Waals surface area contributed by atoms with Crippen LogP contribution in [0.1, 0.15) is 25.8 Å². The molecule has 5 heteroatoms. The van der Waals surface area contributed by atoms with Gasteiger partial charge in [-0.1, -0.05) is 6.92 Å². The minimum absolute atomic E-state index is 0.260. The summed E-state index contributed by atoms with van der Waals surface area (Å²) in [4.78, 5) is 10.6. The quantitative estimate of drug-likeness (QED) is 0.813. The Labute approximate surface area is 102 Å². The third-order valence-electron chi connectivity index (χ3n) is 3.52. The van der Waals surface area contributed by atoms with Gasteiger partial charge in [-0.2, -0.15) is 0 Å². The molecule has 0 bridgehead atoms. The number of hydrogen-bond acceptors (Lipinski definition) is 5. The van der Waals surface area contributed by atoms with Gasteiger partial charge in [0, 0.05) is 24.6 Å². The van der Waals surface area contributed by atoms with Crippen LogP contribution in [-0.4, -0.2) is 34.3 Å². The Morgan fingerprint density at radius 1 is 1.59 bits per heavy atom. The Morgan fingerprint density at radius 2 is 2.35 bits per heavy atom. The number of aromatic nitrogens is 2. The van der Waals surface area contributed by atoms with Crippen molar-refractivity contribution in [3.8, 4) is 0 Å². The standard InChI is InChI=1S/C12H20N4O/c1-3-10-11(13)14-7-15-12(10)16-5-4-9(6-16)8(2)17/h7-9,17H,3-6H2,1-2H3,(H2,13,14,15). The highest BCUT2D eigenvalue weighted by atomic mass is 16.3. The van der Waals surface area contributed by atoms with E-state index in [1.54, 1.807) is 0 Å². The SMILES string of the molecule is CCc1c(N)ncnc1N1CCC(C(C)O)C1. The molecule has 1 fully saturated rings. The number of nitrogens with zero attached hydrogens (tertiary/aromatic N) is 3. The summed E-state index contributed by atoms with van der Waals surface area (Å²) in [5.74, 6) is 1.83. The molecule has 3 N–H and O–H groups in total. The molecular formula is C12H20N4O. The molecule has 2 heterocycles. The van der Waals surface area contributed by atoms with Crippen molar-refractivity contribution < 1.29 is 5.11 Å². The van der Waals surface area contributed by atoms with Gasteiger partial charge in [0.25, 0.3) is 0 Å². The van der Waals surface area contributed by atoms with Gasteiger partial charge < -0.3 is 15.7 Å². The molecule has 0 spiro atoms. The third-order valence-corrected chi connectivity index (χ3v) is 3.52. The molecule has 0 aliphatic carbocycles. The minimum Gasteiger partial charge on any atom is -0.393 e. The molecule has 2 rings (SSSR count). The first kappa shape index (κ1) is 12.1. The first-order chi connectivity index (χ1) is 8.13. The second-order valence-electron chi connectivity index (χ2n) is 4.65. The Balaban J connectivity index is 2.21. The van der Waals surface area contributed by atoms with Crippen LogP contribution in [-0.2, 0) is 6.42 Å². The van der Waals surface area contributed by atoms with Crippen LogP contribution in [0.25, 0.3) is 0 Å². The van der Waals surface area contributed by atoms with Crippen LogP contribution in [0.2, 0.25) is 0 Å². The van der Waals surface area contributed by atoms with Crippen molar-refractivity contribution in [2.75, 3.05) is 23.7 Å². The number of anilines is 2. The molecule has 1 aliphatic heterocycles.